The van der Waals surface area contributed by atoms with Gasteiger partial charge in [-0.3, -0.25) is 5.32 Å². The van der Waals surface area contributed by atoms with E-state index in [1.165, 1.54) is 14.2 Å². The first kappa shape index (κ1) is 15.6. The monoisotopic (exact) mass is 284 g/mol. The van der Waals surface area contributed by atoms with Gasteiger partial charge in [0.05, 0.1) is 25.3 Å². The van der Waals surface area contributed by atoms with Crippen molar-refractivity contribution in [1.29, 1.82) is 5.26 Å². The number of methoxy groups -OCH3 is 2. The predicted octanol–water partition coefficient (Wildman–Crippen LogP) is 1.89. The fraction of sp³-hybridized carbons (Fsp3) is 0.462. The molecule has 6 heteroatoms. The van der Waals surface area contributed by atoms with Gasteiger partial charge < -0.3 is 14.6 Å². The van der Waals surface area contributed by atoms with Crippen molar-refractivity contribution in [3.05, 3.63) is 22.7 Å². The smallest absolute Gasteiger partial charge is 0.179 e. The van der Waals surface area contributed by atoms with E-state index in [2.05, 4.69) is 11.4 Å². The third kappa shape index (κ3) is 3.74. The molecule has 5 nitrogen and oxygen atoms in total. The second-order valence-corrected chi connectivity index (χ2v) is 4.18. The average Bonchev–Trinajstić information content (AvgIpc) is 2.44. The van der Waals surface area contributed by atoms with Gasteiger partial charge >= 0.3 is 0 Å². The van der Waals surface area contributed by atoms with Gasteiger partial charge in [0, 0.05) is 12.2 Å². The number of rotatable bonds is 7. The van der Waals surface area contributed by atoms with Crippen molar-refractivity contribution in [1.82, 2.24) is 5.32 Å². The van der Waals surface area contributed by atoms with E-state index in [0.717, 1.165) is 0 Å². The highest BCUT2D eigenvalue weighted by atomic mass is 35.5. The summed E-state index contributed by atoms with van der Waals surface area (Å²) in [4.78, 5) is 0. The van der Waals surface area contributed by atoms with E-state index in [0.29, 0.717) is 35.1 Å². The number of nitrogens with one attached hydrogen (secondary N) is 1. The molecule has 0 amide bonds. The fourth-order valence-electron chi connectivity index (χ4n) is 1.68. The van der Waals surface area contributed by atoms with Crippen molar-refractivity contribution in [2.24, 2.45) is 0 Å². The fourth-order valence-corrected chi connectivity index (χ4v) is 2.02. The zero-order valence-corrected chi connectivity index (χ0v) is 11.7. The Hall–Kier alpha value is -1.48. The van der Waals surface area contributed by atoms with Gasteiger partial charge in [-0.15, -0.1) is 0 Å². The van der Waals surface area contributed by atoms with Crippen molar-refractivity contribution in [2.45, 2.75) is 12.5 Å². The number of ether oxygens (including phenoxy) is 2. The van der Waals surface area contributed by atoms with Crippen molar-refractivity contribution >= 4 is 11.6 Å². The number of nitrogens with zero attached hydrogens (tertiary/aromatic N) is 1. The number of halogens is 1. The minimum Gasteiger partial charge on any atom is -0.493 e. The summed E-state index contributed by atoms with van der Waals surface area (Å²) in [6.07, 6.45) is 0.573. The molecule has 0 saturated heterocycles. The number of hydrogen-bond acceptors (Lipinski definition) is 5. The van der Waals surface area contributed by atoms with Gasteiger partial charge in [-0.05, 0) is 19.0 Å². The maximum atomic E-state index is 9.19. The molecule has 0 bridgehead atoms. The first-order valence-corrected chi connectivity index (χ1v) is 6.21. The third-order valence-corrected chi connectivity index (χ3v) is 3.03. The van der Waals surface area contributed by atoms with Crippen LogP contribution in [0.4, 0.5) is 0 Å². The highest BCUT2D eigenvalue weighted by Gasteiger charge is 2.19. The van der Waals surface area contributed by atoms with E-state index in [1.54, 1.807) is 12.1 Å². The second kappa shape index (κ2) is 7.85. The molecule has 0 aliphatic heterocycles. The SMILES string of the molecule is COc1ccc(C(C#N)NCCCO)c(Cl)c1OC. The average molecular weight is 285 g/mol. The van der Waals surface area contributed by atoms with Gasteiger partial charge in [-0.25, -0.2) is 0 Å². The molecule has 19 heavy (non-hydrogen) atoms. The molecule has 0 fully saturated rings. The molecule has 0 aliphatic rings. The number of aliphatic hydroxyl groups excluding tert-OH is 1. The molecule has 2 N–H and O–H groups in total. The van der Waals surface area contributed by atoms with Crippen LogP contribution in [0.25, 0.3) is 0 Å². The van der Waals surface area contributed by atoms with E-state index in [-0.39, 0.29) is 6.61 Å². The number of aliphatic hydroxyl groups is 1. The molecule has 0 radical (unpaired) electrons. The van der Waals surface area contributed by atoms with Crippen molar-refractivity contribution in [3.63, 3.8) is 0 Å². The summed E-state index contributed by atoms with van der Waals surface area (Å²) in [5.74, 6) is 0.925. The quantitative estimate of drug-likeness (QED) is 0.748. The largest absolute Gasteiger partial charge is 0.493 e. The summed E-state index contributed by atoms with van der Waals surface area (Å²) >= 11 is 6.23. The lowest BCUT2D eigenvalue weighted by molar-refractivity contribution is 0.285. The zero-order valence-electron chi connectivity index (χ0n) is 10.9. The Morgan fingerprint density at radius 2 is 2.16 bits per heavy atom. The summed E-state index contributed by atoms with van der Waals surface area (Å²) in [5.41, 5.74) is 0.625. The standard InChI is InChI=1S/C13H17ClN2O3/c1-18-11-5-4-9(12(14)13(11)19-2)10(8-15)16-6-3-7-17/h4-5,10,16-17H,3,6-7H2,1-2H3. The Bertz CT molecular complexity index is 460. The summed E-state index contributed by atoms with van der Waals surface area (Å²) in [6, 6.07) is 5.01. The molecule has 1 rings (SSSR count). The van der Waals surface area contributed by atoms with Gasteiger partial charge in [0.15, 0.2) is 11.5 Å². The molecule has 1 aromatic rings. The lowest BCUT2D eigenvalue weighted by Gasteiger charge is -2.16. The summed E-state index contributed by atoms with van der Waals surface area (Å²) in [5, 5.41) is 21.3. The van der Waals surface area contributed by atoms with Crippen LogP contribution in [-0.2, 0) is 0 Å². The normalized spacial score (nSPS) is 11.7. The molecule has 104 valence electrons. The molecular formula is C13H17ClN2O3. The van der Waals surface area contributed by atoms with Gasteiger partial charge in [0.1, 0.15) is 6.04 Å². The van der Waals surface area contributed by atoms with Crippen LogP contribution in [0.2, 0.25) is 5.02 Å². The number of nitriles is 1. The molecule has 0 heterocycles. The Balaban J connectivity index is 3.02. The molecular weight excluding hydrogens is 268 g/mol. The van der Waals surface area contributed by atoms with Crippen LogP contribution in [-0.4, -0.2) is 32.5 Å². The van der Waals surface area contributed by atoms with E-state index in [1.807, 2.05) is 0 Å². The lowest BCUT2D eigenvalue weighted by Crippen LogP contribution is -2.22. The van der Waals surface area contributed by atoms with Gasteiger partial charge in [-0.2, -0.15) is 5.26 Å². The maximum Gasteiger partial charge on any atom is 0.179 e. The van der Waals surface area contributed by atoms with Crippen LogP contribution in [0, 0.1) is 11.3 Å². The number of hydrogen-bond donors (Lipinski definition) is 2. The second-order valence-electron chi connectivity index (χ2n) is 3.80. The Morgan fingerprint density at radius 1 is 1.42 bits per heavy atom. The maximum absolute atomic E-state index is 9.19. The Morgan fingerprint density at radius 3 is 2.68 bits per heavy atom. The predicted molar refractivity (Wildman–Crippen MR) is 72.6 cm³/mol. The first-order valence-electron chi connectivity index (χ1n) is 5.83. The Labute approximate surface area is 117 Å². The van der Waals surface area contributed by atoms with Crippen LogP contribution < -0.4 is 14.8 Å². The molecule has 1 atom stereocenters. The van der Waals surface area contributed by atoms with Gasteiger partial charge in [0.2, 0.25) is 0 Å². The molecule has 1 unspecified atom stereocenters. The first-order chi connectivity index (χ1) is 9.19. The zero-order chi connectivity index (χ0) is 14.3. The van der Waals surface area contributed by atoms with Gasteiger partial charge in [0.25, 0.3) is 0 Å². The lowest BCUT2D eigenvalue weighted by atomic mass is 10.1. The molecule has 0 spiro atoms. The van der Waals surface area contributed by atoms with Crippen molar-refractivity contribution in [3.8, 4) is 17.6 Å². The topological polar surface area (TPSA) is 74.5 Å². The van der Waals surface area contributed by atoms with E-state index in [4.69, 9.17) is 26.2 Å². The molecule has 0 saturated carbocycles. The summed E-state index contributed by atoms with van der Waals surface area (Å²) in [6.45, 7) is 0.601. The van der Waals surface area contributed by atoms with E-state index < -0.39 is 6.04 Å². The van der Waals surface area contributed by atoms with Crippen LogP contribution >= 0.6 is 11.6 Å². The molecule has 0 aliphatic carbocycles. The molecule has 1 aromatic carbocycles. The van der Waals surface area contributed by atoms with E-state index >= 15 is 0 Å². The minimum absolute atomic E-state index is 0.0742. The van der Waals surface area contributed by atoms with Crippen LogP contribution in [0.5, 0.6) is 11.5 Å². The third-order valence-electron chi connectivity index (χ3n) is 2.64. The van der Waals surface area contributed by atoms with Crippen LogP contribution in [0.3, 0.4) is 0 Å². The van der Waals surface area contributed by atoms with E-state index in [9.17, 15) is 5.26 Å². The number of benzene rings is 1. The van der Waals surface area contributed by atoms with Crippen LogP contribution in [0.15, 0.2) is 12.1 Å². The summed E-state index contributed by atoms with van der Waals surface area (Å²) in [7, 11) is 3.02. The highest BCUT2D eigenvalue weighted by Crippen LogP contribution is 2.39. The minimum atomic E-state index is -0.557. The highest BCUT2D eigenvalue weighted by molar-refractivity contribution is 6.33. The van der Waals surface area contributed by atoms with Crippen LogP contribution in [0.1, 0.15) is 18.0 Å². The van der Waals surface area contributed by atoms with Crippen molar-refractivity contribution in [2.75, 3.05) is 27.4 Å². The van der Waals surface area contributed by atoms with Gasteiger partial charge in [-0.1, -0.05) is 17.7 Å². The van der Waals surface area contributed by atoms with Crippen molar-refractivity contribution < 1.29 is 14.6 Å². The Kier molecular flexibility index (Phi) is 6.43. The summed E-state index contributed by atoms with van der Waals surface area (Å²) < 4.78 is 10.3. The molecule has 0 aromatic heterocycles.